The number of halogens is 1. The molecule has 2 heterocycles. The number of rotatable bonds is 4. The molecule has 1 fully saturated rings. The van der Waals surface area contributed by atoms with Gasteiger partial charge in [-0.15, -0.1) is 0 Å². The predicted molar refractivity (Wildman–Crippen MR) is 80.3 cm³/mol. The molecule has 0 unspecified atom stereocenters. The molecule has 1 aromatic heterocycles. The van der Waals surface area contributed by atoms with E-state index in [0.29, 0.717) is 42.7 Å². The summed E-state index contributed by atoms with van der Waals surface area (Å²) in [7, 11) is 1.71. The monoisotopic (exact) mass is 327 g/mol. The van der Waals surface area contributed by atoms with Crippen LogP contribution in [0.4, 0.5) is 0 Å². The average Bonchev–Trinajstić information content (AvgIpc) is 2.76. The quantitative estimate of drug-likeness (QED) is 0.604. The maximum atomic E-state index is 11.8. The van der Waals surface area contributed by atoms with Gasteiger partial charge in [-0.3, -0.25) is 9.48 Å². The van der Waals surface area contributed by atoms with Crippen LogP contribution in [0.15, 0.2) is 6.08 Å². The Kier molecular flexibility index (Phi) is 5.57. The van der Waals surface area contributed by atoms with E-state index < -0.39 is 5.97 Å². The second-order valence-corrected chi connectivity index (χ2v) is 5.21. The maximum absolute atomic E-state index is 11.8. The molecule has 1 aromatic rings. The Morgan fingerprint density at radius 3 is 2.68 bits per heavy atom. The van der Waals surface area contributed by atoms with Crippen LogP contribution in [-0.2, 0) is 26.1 Å². The zero-order chi connectivity index (χ0) is 16.1. The minimum atomic E-state index is -0.596. The molecular formula is C14H18ClN3O4. The number of esters is 1. The number of aromatic nitrogens is 2. The Hall–Kier alpha value is -1.86. The fourth-order valence-corrected chi connectivity index (χ4v) is 2.31. The number of hydrogen-bond acceptors (Lipinski definition) is 5. The van der Waals surface area contributed by atoms with Crippen molar-refractivity contribution >= 4 is 29.6 Å². The third kappa shape index (κ3) is 4.08. The molecule has 1 aliphatic heterocycles. The van der Waals surface area contributed by atoms with Gasteiger partial charge in [0.1, 0.15) is 5.15 Å². The Bertz CT molecular complexity index is 591. The third-order valence-electron chi connectivity index (χ3n) is 3.28. The Morgan fingerprint density at radius 2 is 2.09 bits per heavy atom. The molecule has 0 atom stereocenters. The van der Waals surface area contributed by atoms with Crippen LogP contribution in [-0.4, -0.2) is 59.5 Å². The summed E-state index contributed by atoms with van der Waals surface area (Å²) in [5, 5.41) is 4.57. The number of morpholine rings is 1. The normalized spacial score (nSPS) is 15.3. The summed E-state index contributed by atoms with van der Waals surface area (Å²) in [6, 6.07) is 0. The maximum Gasteiger partial charge on any atom is 0.331 e. The number of aryl methyl sites for hydroxylation is 2. The van der Waals surface area contributed by atoms with Crippen LogP contribution in [0, 0.1) is 6.92 Å². The highest BCUT2D eigenvalue weighted by molar-refractivity contribution is 6.31. The standard InChI is InChI=1S/C14H18ClN3O4/c1-10-11(14(15)17(2)16-10)3-4-13(20)22-9-12(19)18-5-7-21-8-6-18/h3-4H,5-9H2,1-2H3/b4-3+. The smallest absolute Gasteiger partial charge is 0.331 e. The first-order valence-electron chi connectivity index (χ1n) is 6.88. The first-order chi connectivity index (χ1) is 10.5. The highest BCUT2D eigenvalue weighted by Gasteiger charge is 2.17. The van der Waals surface area contributed by atoms with Crippen LogP contribution in [0.5, 0.6) is 0 Å². The predicted octanol–water partition coefficient (Wildman–Crippen LogP) is 0.797. The van der Waals surface area contributed by atoms with Gasteiger partial charge in [0.05, 0.1) is 18.9 Å². The molecule has 0 bridgehead atoms. The van der Waals surface area contributed by atoms with E-state index in [4.69, 9.17) is 21.1 Å². The molecule has 8 heteroatoms. The van der Waals surface area contributed by atoms with Crippen molar-refractivity contribution < 1.29 is 19.1 Å². The molecule has 0 aromatic carbocycles. The van der Waals surface area contributed by atoms with Crippen LogP contribution in [0.2, 0.25) is 5.15 Å². The van der Waals surface area contributed by atoms with Crippen molar-refractivity contribution in [3.8, 4) is 0 Å². The summed E-state index contributed by atoms with van der Waals surface area (Å²) in [6.07, 6.45) is 2.77. The molecule has 2 rings (SSSR count). The zero-order valence-electron chi connectivity index (χ0n) is 12.5. The van der Waals surface area contributed by atoms with Gasteiger partial charge in [0.15, 0.2) is 6.61 Å². The highest BCUT2D eigenvalue weighted by atomic mass is 35.5. The number of carbonyl (C=O) groups excluding carboxylic acids is 2. The Balaban J connectivity index is 1.84. The molecule has 0 spiro atoms. The molecular weight excluding hydrogens is 310 g/mol. The van der Waals surface area contributed by atoms with Crippen LogP contribution in [0.3, 0.4) is 0 Å². The van der Waals surface area contributed by atoms with E-state index in [1.807, 2.05) is 0 Å². The number of hydrogen-bond donors (Lipinski definition) is 0. The molecule has 0 aliphatic carbocycles. The molecule has 1 saturated heterocycles. The second-order valence-electron chi connectivity index (χ2n) is 4.85. The number of amides is 1. The lowest BCUT2D eigenvalue weighted by molar-refractivity contribution is -0.150. The highest BCUT2D eigenvalue weighted by Crippen LogP contribution is 2.19. The Labute approximate surface area is 133 Å². The van der Waals surface area contributed by atoms with Crippen LogP contribution >= 0.6 is 11.6 Å². The van der Waals surface area contributed by atoms with Gasteiger partial charge >= 0.3 is 5.97 Å². The van der Waals surface area contributed by atoms with E-state index in [0.717, 1.165) is 0 Å². The van der Waals surface area contributed by atoms with E-state index in [-0.39, 0.29) is 12.5 Å². The summed E-state index contributed by atoms with van der Waals surface area (Å²) in [5.74, 6) is -0.818. The zero-order valence-corrected chi connectivity index (χ0v) is 13.3. The van der Waals surface area contributed by atoms with Crippen molar-refractivity contribution in [1.29, 1.82) is 0 Å². The molecule has 22 heavy (non-hydrogen) atoms. The average molecular weight is 328 g/mol. The summed E-state index contributed by atoms with van der Waals surface area (Å²) in [5.41, 5.74) is 1.36. The van der Waals surface area contributed by atoms with Gasteiger partial charge in [-0.1, -0.05) is 11.6 Å². The molecule has 0 saturated carbocycles. The van der Waals surface area contributed by atoms with Gasteiger partial charge in [-0.05, 0) is 13.0 Å². The van der Waals surface area contributed by atoms with Crippen molar-refractivity contribution in [2.45, 2.75) is 6.92 Å². The third-order valence-corrected chi connectivity index (χ3v) is 3.73. The molecule has 0 radical (unpaired) electrons. The molecule has 7 nitrogen and oxygen atoms in total. The van der Waals surface area contributed by atoms with Crippen LogP contribution < -0.4 is 0 Å². The van der Waals surface area contributed by atoms with Crippen LogP contribution in [0.25, 0.3) is 6.08 Å². The van der Waals surface area contributed by atoms with E-state index in [2.05, 4.69) is 5.10 Å². The van der Waals surface area contributed by atoms with Crippen molar-refractivity contribution in [3.05, 3.63) is 22.5 Å². The lowest BCUT2D eigenvalue weighted by Gasteiger charge is -2.26. The van der Waals surface area contributed by atoms with Crippen molar-refractivity contribution in [2.24, 2.45) is 7.05 Å². The van der Waals surface area contributed by atoms with E-state index in [9.17, 15) is 9.59 Å². The minimum Gasteiger partial charge on any atom is -0.452 e. The van der Waals surface area contributed by atoms with Gasteiger partial charge in [-0.2, -0.15) is 5.10 Å². The number of ether oxygens (including phenoxy) is 2. The molecule has 1 aliphatic rings. The topological polar surface area (TPSA) is 73.7 Å². The van der Waals surface area contributed by atoms with Gasteiger partial charge in [0, 0.05) is 31.8 Å². The largest absolute Gasteiger partial charge is 0.452 e. The fraction of sp³-hybridized carbons (Fsp3) is 0.500. The fourth-order valence-electron chi connectivity index (χ4n) is 2.07. The van der Waals surface area contributed by atoms with Crippen molar-refractivity contribution in [3.63, 3.8) is 0 Å². The molecule has 0 N–H and O–H groups in total. The lowest BCUT2D eigenvalue weighted by Crippen LogP contribution is -2.42. The minimum absolute atomic E-state index is 0.222. The van der Waals surface area contributed by atoms with E-state index in [1.165, 1.54) is 16.8 Å². The lowest BCUT2D eigenvalue weighted by atomic mass is 10.2. The van der Waals surface area contributed by atoms with Gasteiger partial charge in [0.25, 0.3) is 5.91 Å². The van der Waals surface area contributed by atoms with E-state index in [1.54, 1.807) is 18.9 Å². The van der Waals surface area contributed by atoms with Gasteiger partial charge in [0.2, 0.25) is 0 Å². The summed E-state index contributed by atoms with van der Waals surface area (Å²) < 4.78 is 11.6. The SMILES string of the molecule is Cc1nn(C)c(Cl)c1/C=C/C(=O)OCC(=O)N1CCOCC1. The second kappa shape index (κ2) is 7.42. The molecule has 120 valence electrons. The van der Waals surface area contributed by atoms with Crippen LogP contribution in [0.1, 0.15) is 11.3 Å². The van der Waals surface area contributed by atoms with Crippen molar-refractivity contribution in [1.82, 2.24) is 14.7 Å². The van der Waals surface area contributed by atoms with Gasteiger partial charge in [-0.25, -0.2) is 4.79 Å². The van der Waals surface area contributed by atoms with Gasteiger partial charge < -0.3 is 14.4 Å². The first-order valence-corrected chi connectivity index (χ1v) is 7.26. The summed E-state index contributed by atoms with van der Waals surface area (Å²) >= 11 is 6.05. The Morgan fingerprint density at radius 1 is 1.41 bits per heavy atom. The first kappa shape index (κ1) is 16.5. The number of nitrogens with zero attached hydrogens (tertiary/aromatic N) is 3. The van der Waals surface area contributed by atoms with E-state index >= 15 is 0 Å². The summed E-state index contributed by atoms with van der Waals surface area (Å²) in [6.45, 7) is 3.59. The molecule has 1 amide bonds. The summed E-state index contributed by atoms with van der Waals surface area (Å²) in [4.78, 5) is 25.1. The number of carbonyl (C=O) groups is 2. The van der Waals surface area contributed by atoms with Crippen molar-refractivity contribution in [2.75, 3.05) is 32.9 Å².